The minimum atomic E-state index is 0.313. The molecule has 0 aromatic heterocycles. The molecule has 0 saturated carbocycles. The highest BCUT2D eigenvalue weighted by Crippen LogP contribution is 2.26. The van der Waals surface area contributed by atoms with E-state index in [1.165, 1.54) is 0 Å². The molecule has 2 rings (SSSR count). The lowest BCUT2D eigenvalue weighted by Gasteiger charge is -2.29. The molecule has 0 amide bonds. The fourth-order valence-electron chi connectivity index (χ4n) is 1.66. The van der Waals surface area contributed by atoms with E-state index in [0.717, 1.165) is 36.3 Å². The van der Waals surface area contributed by atoms with Gasteiger partial charge in [-0.15, -0.1) is 0 Å². The Hall–Kier alpha value is -0.740. The molecular formula is C10H13BrN2O. The van der Waals surface area contributed by atoms with E-state index in [-0.39, 0.29) is 0 Å². The molecule has 4 heteroatoms. The molecule has 0 unspecified atom stereocenters. The third kappa shape index (κ3) is 2.19. The summed E-state index contributed by atoms with van der Waals surface area (Å²) in [5.41, 5.74) is 1.08. The van der Waals surface area contributed by atoms with Gasteiger partial charge in [-0.05, 0) is 12.1 Å². The van der Waals surface area contributed by atoms with Crippen molar-refractivity contribution in [2.75, 3.05) is 31.1 Å². The van der Waals surface area contributed by atoms with Crippen LogP contribution in [0, 0.1) is 0 Å². The molecule has 0 radical (unpaired) electrons. The Morgan fingerprint density at radius 3 is 2.57 bits per heavy atom. The molecule has 2 N–H and O–H groups in total. The first-order chi connectivity index (χ1) is 6.75. The van der Waals surface area contributed by atoms with Crippen LogP contribution in [-0.2, 0) is 0 Å². The number of nitrogens with zero attached hydrogens (tertiary/aromatic N) is 1. The quantitative estimate of drug-likeness (QED) is 0.801. The summed E-state index contributed by atoms with van der Waals surface area (Å²) in [6.07, 6.45) is 0. The van der Waals surface area contributed by atoms with Gasteiger partial charge in [0.2, 0.25) is 0 Å². The van der Waals surface area contributed by atoms with Crippen LogP contribution in [0.2, 0.25) is 0 Å². The second-order valence-electron chi connectivity index (χ2n) is 3.40. The van der Waals surface area contributed by atoms with Crippen molar-refractivity contribution >= 4 is 21.6 Å². The van der Waals surface area contributed by atoms with E-state index in [9.17, 15) is 5.11 Å². The largest absolute Gasteiger partial charge is 0.508 e. The number of halogens is 1. The predicted octanol–water partition coefficient (Wildman–Crippen LogP) is 1.56. The Morgan fingerprint density at radius 2 is 1.93 bits per heavy atom. The van der Waals surface area contributed by atoms with Crippen LogP contribution in [-0.4, -0.2) is 31.3 Å². The number of benzene rings is 1. The Balaban J connectivity index is 2.21. The second kappa shape index (κ2) is 4.19. The normalized spacial score (nSPS) is 17.1. The Kier molecular flexibility index (Phi) is 2.93. The molecule has 3 nitrogen and oxygen atoms in total. The lowest BCUT2D eigenvalue weighted by molar-refractivity contribution is 0.474. The first-order valence-electron chi connectivity index (χ1n) is 4.71. The maximum Gasteiger partial charge on any atom is 0.118 e. The smallest absolute Gasteiger partial charge is 0.118 e. The van der Waals surface area contributed by atoms with Crippen molar-refractivity contribution in [2.45, 2.75) is 0 Å². The van der Waals surface area contributed by atoms with Crippen molar-refractivity contribution in [1.29, 1.82) is 0 Å². The summed E-state index contributed by atoms with van der Waals surface area (Å²) in [4.78, 5) is 2.26. The molecule has 1 aliphatic heterocycles. The first kappa shape index (κ1) is 9.80. The summed E-state index contributed by atoms with van der Waals surface area (Å²) in [5, 5.41) is 12.8. The molecule has 0 bridgehead atoms. The molecule has 1 aliphatic rings. The second-order valence-corrected chi connectivity index (χ2v) is 4.32. The lowest BCUT2D eigenvalue weighted by atomic mass is 10.2. The van der Waals surface area contributed by atoms with Gasteiger partial charge in [0.15, 0.2) is 0 Å². The van der Waals surface area contributed by atoms with Gasteiger partial charge in [0.1, 0.15) is 5.75 Å². The number of piperazine rings is 1. The fraction of sp³-hybridized carbons (Fsp3) is 0.400. The topological polar surface area (TPSA) is 35.5 Å². The van der Waals surface area contributed by atoms with Crippen molar-refractivity contribution < 1.29 is 5.11 Å². The van der Waals surface area contributed by atoms with Gasteiger partial charge < -0.3 is 15.3 Å². The van der Waals surface area contributed by atoms with Gasteiger partial charge in [0.25, 0.3) is 0 Å². The van der Waals surface area contributed by atoms with Gasteiger partial charge in [-0.1, -0.05) is 15.9 Å². The highest BCUT2D eigenvalue weighted by molar-refractivity contribution is 9.10. The average Bonchev–Trinajstić information content (AvgIpc) is 2.18. The third-order valence-corrected chi connectivity index (χ3v) is 2.81. The van der Waals surface area contributed by atoms with E-state index in [2.05, 4.69) is 26.1 Å². The van der Waals surface area contributed by atoms with Crippen LogP contribution in [0.25, 0.3) is 0 Å². The number of rotatable bonds is 1. The summed E-state index contributed by atoms with van der Waals surface area (Å²) in [6.45, 7) is 4.01. The zero-order valence-corrected chi connectivity index (χ0v) is 9.42. The molecule has 76 valence electrons. The lowest BCUT2D eigenvalue weighted by Crippen LogP contribution is -2.43. The minimum absolute atomic E-state index is 0.313. The Bertz CT molecular complexity index is 304. The van der Waals surface area contributed by atoms with Gasteiger partial charge in [-0.2, -0.15) is 0 Å². The van der Waals surface area contributed by atoms with Crippen LogP contribution in [0.4, 0.5) is 5.69 Å². The maximum absolute atomic E-state index is 9.45. The van der Waals surface area contributed by atoms with Crippen LogP contribution in [0.1, 0.15) is 0 Å². The SMILES string of the molecule is Oc1cc(Br)cc(N2CCNCC2)c1. The van der Waals surface area contributed by atoms with Crippen molar-refractivity contribution in [1.82, 2.24) is 5.32 Å². The van der Waals surface area contributed by atoms with Gasteiger partial charge in [-0.3, -0.25) is 0 Å². The highest BCUT2D eigenvalue weighted by atomic mass is 79.9. The number of aromatic hydroxyl groups is 1. The van der Waals surface area contributed by atoms with E-state index in [4.69, 9.17) is 0 Å². The van der Waals surface area contributed by atoms with E-state index in [1.807, 2.05) is 6.07 Å². The number of phenols is 1. The van der Waals surface area contributed by atoms with Crippen molar-refractivity contribution in [3.63, 3.8) is 0 Å². The number of nitrogens with one attached hydrogen (secondary N) is 1. The zero-order chi connectivity index (χ0) is 9.97. The van der Waals surface area contributed by atoms with E-state index >= 15 is 0 Å². The highest BCUT2D eigenvalue weighted by Gasteiger charge is 2.11. The van der Waals surface area contributed by atoms with Gasteiger partial charge in [0.05, 0.1) is 0 Å². The van der Waals surface area contributed by atoms with Crippen molar-refractivity contribution in [3.05, 3.63) is 22.7 Å². The fourth-order valence-corrected chi connectivity index (χ4v) is 2.13. The monoisotopic (exact) mass is 256 g/mol. The number of hydrogen-bond acceptors (Lipinski definition) is 3. The summed E-state index contributed by atoms with van der Waals surface area (Å²) < 4.78 is 0.922. The molecule has 0 spiro atoms. The first-order valence-corrected chi connectivity index (χ1v) is 5.50. The Morgan fingerprint density at radius 1 is 1.21 bits per heavy atom. The summed E-state index contributed by atoms with van der Waals surface area (Å²) >= 11 is 3.38. The van der Waals surface area contributed by atoms with Crippen molar-refractivity contribution in [3.8, 4) is 5.75 Å². The third-order valence-electron chi connectivity index (χ3n) is 2.35. The van der Waals surface area contributed by atoms with E-state index < -0.39 is 0 Å². The number of hydrogen-bond donors (Lipinski definition) is 2. The van der Waals surface area contributed by atoms with Crippen LogP contribution >= 0.6 is 15.9 Å². The van der Waals surface area contributed by atoms with Crippen LogP contribution < -0.4 is 10.2 Å². The van der Waals surface area contributed by atoms with Crippen molar-refractivity contribution in [2.24, 2.45) is 0 Å². The molecule has 14 heavy (non-hydrogen) atoms. The van der Waals surface area contributed by atoms with E-state index in [0.29, 0.717) is 5.75 Å². The van der Waals surface area contributed by atoms with Gasteiger partial charge >= 0.3 is 0 Å². The maximum atomic E-state index is 9.45. The summed E-state index contributed by atoms with van der Waals surface area (Å²) in [5.74, 6) is 0.313. The Labute approximate surface area is 91.9 Å². The van der Waals surface area contributed by atoms with Gasteiger partial charge in [0, 0.05) is 42.4 Å². The summed E-state index contributed by atoms with van der Waals surface area (Å²) in [7, 11) is 0. The van der Waals surface area contributed by atoms with Crippen LogP contribution in [0.5, 0.6) is 5.75 Å². The van der Waals surface area contributed by atoms with Gasteiger partial charge in [-0.25, -0.2) is 0 Å². The molecule has 1 aromatic carbocycles. The molecule has 1 heterocycles. The molecular weight excluding hydrogens is 244 g/mol. The zero-order valence-electron chi connectivity index (χ0n) is 7.83. The predicted molar refractivity (Wildman–Crippen MR) is 60.9 cm³/mol. The number of anilines is 1. The standard InChI is InChI=1S/C10H13BrN2O/c11-8-5-9(7-10(14)6-8)13-3-1-12-2-4-13/h5-7,12,14H,1-4H2. The van der Waals surface area contributed by atoms with Crippen LogP contribution in [0.15, 0.2) is 22.7 Å². The minimum Gasteiger partial charge on any atom is -0.508 e. The van der Waals surface area contributed by atoms with E-state index in [1.54, 1.807) is 12.1 Å². The van der Waals surface area contributed by atoms with Crippen LogP contribution in [0.3, 0.4) is 0 Å². The molecule has 1 fully saturated rings. The molecule has 0 atom stereocenters. The molecule has 1 aromatic rings. The molecule has 1 saturated heterocycles. The summed E-state index contributed by atoms with van der Waals surface area (Å²) in [6, 6.07) is 5.53. The molecule has 0 aliphatic carbocycles. The average molecular weight is 257 g/mol. The number of phenolic OH excluding ortho intramolecular Hbond substituents is 1.